The Hall–Kier alpha value is -1.11. The summed E-state index contributed by atoms with van der Waals surface area (Å²) in [6, 6.07) is 0. The standard InChI is InChI=1S/C12H19F3O4/c1-3-5-9(11(17)19-4-2)10(16)6-7-18-8-12(13,14)15/h9H,3-8H2,1-2H3. The Morgan fingerprint density at radius 2 is 1.84 bits per heavy atom. The second kappa shape index (κ2) is 8.90. The molecule has 0 rings (SSSR count). The number of carbonyl (C=O) groups is 2. The minimum Gasteiger partial charge on any atom is -0.465 e. The van der Waals surface area contributed by atoms with Crippen LogP contribution in [0.2, 0.25) is 0 Å². The first kappa shape index (κ1) is 17.9. The van der Waals surface area contributed by atoms with Gasteiger partial charge in [0.1, 0.15) is 18.3 Å². The molecule has 0 aliphatic carbocycles. The van der Waals surface area contributed by atoms with Crippen LogP contribution in [-0.4, -0.2) is 37.7 Å². The maximum absolute atomic E-state index is 11.8. The fourth-order valence-electron chi connectivity index (χ4n) is 1.48. The van der Waals surface area contributed by atoms with Crippen LogP contribution in [0, 0.1) is 5.92 Å². The van der Waals surface area contributed by atoms with Crippen molar-refractivity contribution < 1.29 is 32.2 Å². The van der Waals surface area contributed by atoms with Crippen molar-refractivity contribution in [3.8, 4) is 0 Å². The van der Waals surface area contributed by atoms with Crippen LogP contribution in [0.1, 0.15) is 33.1 Å². The van der Waals surface area contributed by atoms with E-state index in [1.807, 2.05) is 0 Å². The number of halogens is 3. The zero-order valence-corrected chi connectivity index (χ0v) is 11.1. The van der Waals surface area contributed by atoms with Crippen LogP contribution in [0.3, 0.4) is 0 Å². The van der Waals surface area contributed by atoms with Crippen LogP contribution in [0.15, 0.2) is 0 Å². The van der Waals surface area contributed by atoms with E-state index in [4.69, 9.17) is 4.74 Å². The highest BCUT2D eigenvalue weighted by Crippen LogP contribution is 2.16. The molecule has 0 amide bonds. The highest BCUT2D eigenvalue weighted by atomic mass is 19.4. The molecule has 0 aliphatic heterocycles. The van der Waals surface area contributed by atoms with Crippen LogP contribution in [0.4, 0.5) is 13.2 Å². The molecule has 112 valence electrons. The van der Waals surface area contributed by atoms with Crippen LogP contribution in [0.25, 0.3) is 0 Å². The molecule has 0 saturated carbocycles. The fourth-order valence-corrected chi connectivity index (χ4v) is 1.48. The lowest BCUT2D eigenvalue weighted by molar-refractivity contribution is -0.175. The van der Waals surface area contributed by atoms with Crippen LogP contribution >= 0.6 is 0 Å². The van der Waals surface area contributed by atoms with Crippen molar-refractivity contribution >= 4 is 11.8 Å². The maximum Gasteiger partial charge on any atom is 0.411 e. The van der Waals surface area contributed by atoms with Gasteiger partial charge in [-0.05, 0) is 13.3 Å². The largest absolute Gasteiger partial charge is 0.465 e. The van der Waals surface area contributed by atoms with E-state index in [-0.39, 0.29) is 19.6 Å². The molecular formula is C12H19F3O4. The number of alkyl halides is 3. The van der Waals surface area contributed by atoms with E-state index in [0.29, 0.717) is 12.8 Å². The van der Waals surface area contributed by atoms with Crippen molar-refractivity contribution in [2.45, 2.75) is 39.3 Å². The molecule has 0 N–H and O–H groups in total. The molecule has 7 heteroatoms. The molecule has 0 aromatic heterocycles. The third-order valence-electron chi connectivity index (χ3n) is 2.30. The number of rotatable bonds is 9. The fraction of sp³-hybridized carbons (Fsp3) is 0.833. The Bertz CT molecular complexity index is 289. The lowest BCUT2D eigenvalue weighted by Crippen LogP contribution is -2.27. The van der Waals surface area contributed by atoms with Gasteiger partial charge < -0.3 is 9.47 Å². The summed E-state index contributed by atoms with van der Waals surface area (Å²) < 4.78 is 44.5. The lowest BCUT2D eigenvalue weighted by atomic mass is 9.97. The summed E-state index contributed by atoms with van der Waals surface area (Å²) in [6.45, 7) is 1.85. The lowest BCUT2D eigenvalue weighted by Gasteiger charge is -2.14. The zero-order valence-electron chi connectivity index (χ0n) is 11.1. The van der Waals surface area contributed by atoms with Crippen molar-refractivity contribution in [3.63, 3.8) is 0 Å². The highest BCUT2D eigenvalue weighted by molar-refractivity contribution is 5.98. The quantitative estimate of drug-likeness (QED) is 0.371. The first-order valence-corrected chi connectivity index (χ1v) is 6.15. The van der Waals surface area contributed by atoms with Gasteiger partial charge >= 0.3 is 12.1 Å². The zero-order chi connectivity index (χ0) is 14.9. The van der Waals surface area contributed by atoms with E-state index >= 15 is 0 Å². The van der Waals surface area contributed by atoms with E-state index in [9.17, 15) is 22.8 Å². The van der Waals surface area contributed by atoms with Crippen LogP contribution < -0.4 is 0 Å². The normalized spacial score (nSPS) is 13.1. The van der Waals surface area contributed by atoms with Gasteiger partial charge in [-0.1, -0.05) is 13.3 Å². The van der Waals surface area contributed by atoms with Crippen molar-refractivity contribution in [2.75, 3.05) is 19.8 Å². The Morgan fingerprint density at radius 1 is 1.21 bits per heavy atom. The highest BCUT2D eigenvalue weighted by Gasteiger charge is 2.29. The summed E-state index contributed by atoms with van der Waals surface area (Å²) in [7, 11) is 0. The number of carbonyl (C=O) groups excluding carboxylic acids is 2. The third-order valence-corrected chi connectivity index (χ3v) is 2.30. The summed E-state index contributed by atoms with van der Waals surface area (Å²) in [5, 5.41) is 0. The van der Waals surface area contributed by atoms with Gasteiger partial charge in [0, 0.05) is 6.42 Å². The van der Waals surface area contributed by atoms with Crippen LogP contribution in [-0.2, 0) is 19.1 Å². The minimum absolute atomic E-state index is 0.164. The predicted molar refractivity (Wildman–Crippen MR) is 61.5 cm³/mol. The molecule has 1 unspecified atom stereocenters. The average molecular weight is 284 g/mol. The van der Waals surface area contributed by atoms with Gasteiger partial charge in [-0.15, -0.1) is 0 Å². The number of Topliss-reactive ketones (excluding diaryl/α,β-unsaturated/α-hetero) is 1. The van der Waals surface area contributed by atoms with E-state index in [2.05, 4.69) is 4.74 Å². The minimum atomic E-state index is -4.41. The first-order chi connectivity index (χ1) is 8.81. The summed E-state index contributed by atoms with van der Waals surface area (Å²) in [4.78, 5) is 23.2. The van der Waals surface area contributed by atoms with Crippen molar-refractivity contribution in [1.29, 1.82) is 0 Å². The monoisotopic (exact) mass is 284 g/mol. The Morgan fingerprint density at radius 3 is 2.32 bits per heavy atom. The van der Waals surface area contributed by atoms with E-state index < -0.39 is 30.5 Å². The van der Waals surface area contributed by atoms with E-state index in [1.165, 1.54) is 0 Å². The molecule has 0 aromatic carbocycles. The second-order valence-corrected chi connectivity index (χ2v) is 3.98. The molecule has 0 saturated heterocycles. The van der Waals surface area contributed by atoms with Gasteiger partial charge in [0.05, 0.1) is 13.2 Å². The average Bonchev–Trinajstić information content (AvgIpc) is 2.30. The maximum atomic E-state index is 11.8. The number of hydrogen-bond donors (Lipinski definition) is 0. The molecule has 0 heterocycles. The number of esters is 1. The summed E-state index contributed by atoms with van der Waals surface area (Å²) >= 11 is 0. The molecule has 0 aromatic rings. The molecule has 0 spiro atoms. The van der Waals surface area contributed by atoms with Crippen molar-refractivity contribution in [2.24, 2.45) is 5.92 Å². The summed E-state index contributed by atoms with van der Waals surface area (Å²) in [6.07, 6.45) is -3.69. The van der Waals surface area contributed by atoms with Crippen LogP contribution in [0.5, 0.6) is 0 Å². The Balaban J connectivity index is 4.15. The first-order valence-electron chi connectivity index (χ1n) is 6.15. The molecule has 1 atom stereocenters. The molecule has 4 nitrogen and oxygen atoms in total. The molecule has 19 heavy (non-hydrogen) atoms. The SMILES string of the molecule is CCCC(C(=O)CCOCC(F)(F)F)C(=O)OCC. The topological polar surface area (TPSA) is 52.6 Å². The Labute approximate surface area is 110 Å². The predicted octanol–water partition coefficient (Wildman–Crippen LogP) is 2.50. The number of ether oxygens (including phenoxy) is 2. The van der Waals surface area contributed by atoms with Crippen molar-refractivity contribution in [3.05, 3.63) is 0 Å². The van der Waals surface area contributed by atoms with Gasteiger partial charge in [0.2, 0.25) is 0 Å². The summed E-state index contributed by atoms with van der Waals surface area (Å²) in [5.41, 5.74) is 0. The molecular weight excluding hydrogens is 265 g/mol. The molecule has 0 bridgehead atoms. The molecule has 0 fully saturated rings. The smallest absolute Gasteiger partial charge is 0.411 e. The molecule has 0 aliphatic rings. The number of ketones is 1. The van der Waals surface area contributed by atoms with Gasteiger partial charge in [-0.2, -0.15) is 13.2 Å². The third kappa shape index (κ3) is 8.58. The van der Waals surface area contributed by atoms with E-state index in [0.717, 1.165) is 0 Å². The van der Waals surface area contributed by atoms with Gasteiger partial charge in [-0.25, -0.2) is 0 Å². The van der Waals surface area contributed by atoms with Crippen molar-refractivity contribution in [1.82, 2.24) is 0 Å². The second-order valence-electron chi connectivity index (χ2n) is 3.98. The number of hydrogen-bond acceptors (Lipinski definition) is 4. The van der Waals surface area contributed by atoms with Gasteiger partial charge in [-0.3, -0.25) is 9.59 Å². The van der Waals surface area contributed by atoms with Gasteiger partial charge in [0.15, 0.2) is 0 Å². The summed E-state index contributed by atoms with van der Waals surface area (Å²) in [5.74, 6) is -1.97. The Kier molecular flexibility index (Phi) is 8.38. The van der Waals surface area contributed by atoms with E-state index in [1.54, 1.807) is 13.8 Å². The molecule has 0 radical (unpaired) electrons. The van der Waals surface area contributed by atoms with Gasteiger partial charge in [0.25, 0.3) is 0 Å².